The van der Waals surface area contributed by atoms with Crippen molar-refractivity contribution in [3.05, 3.63) is 87.9 Å². The number of hydrogen-bond acceptors (Lipinski definition) is 6. The van der Waals surface area contributed by atoms with Crippen LogP contribution < -0.4 is 10.0 Å². The van der Waals surface area contributed by atoms with E-state index in [1.165, 1.54) is 55.7 Å². The molecule has 29 heavy (non-hydrogen) atoms. The monoisotopic (exact) mass is 415 g/mol. The molecule has 150 valence electrons. The lowest BCUT2D eigenvalue weighted by molar-refractivity contribution is -0.385. The van der Waals surface area contributed by atoms with E-state index in [1.54, 1.807) is 12.1 Å². The molecule has 0 unspecified atom stereocenters. The van der Waals surface area contributed by atoms with E-state index in [0.29, 0.717) is 11.4 Å². The van der Waals surface area contributed by atoms with Crippen molar-refractivity contribution in [2.75, 3.05) is 5.32 Å². The first kappa shape index (κ1) is 20.2. The average Bonchev–Trinajstić information content (AvgIpc) is 3.20. The van der Waals surface area contributed by atoms with Gasteiger partial charge in [0.1, 0.15) is 5.76 Å². The van der Waals surface area contributed by atoms with Crippen LogP contribution in [0, 0.1) is 17.0 Å². The van der Waals surface area contributed by atoms with E-state index in [1.807, 2.05) is 0 Å². The summed E-state index contributed by atoms with van der Waals surface area (Å²) in [5.74, 6) is -0.0532. The topological polar surface area (TPSA) is 132 Å². The molecule has 0 spiro atoms. The molecule has 0 saturated heterocycles. The zero-order valence-corrected chi connectivity index (χ0v) is 16.1. The Kier molecular flexibility index (Phi) is 5.76. The molecule has 1 heterocycles. The van der Waals surface area contributed by atoms with Gasteiger partial charge in [0, 0.05) is 22.9 Å². The lowest BCUT2D eigenvalue weighted by Crippen LogP contribution is -2.23. The van der Waals surface area contributed by atoms with E-state index in [2.05, 4.69) is 10.0 Å². The summed E-state index contributed by atoms with van der Waals surface area (Å²) in [4.78, 5) is 22.9. The van der Waals surface area contributed by atoms with E-state index >= 15 is 0 Å². The Labute approximate surface area is 166 Å². The third-order valence-electron chi connectivity index (χ3n) is 4.19. The summed E-state index contributed by atoms with van der Waals surface area (Å²) in [6, 6.07) is 13.1. The number of carbonyl (C=O) groups is 1. The lowest BCUT2D eigenvalue weighted by atomic mass is 10.1. The molecule has 9 nitrogen and oxygen atoms in total. The van der Waals surface area contributed by atoms with E-state index in [4.69, 9.17) is 4.42 Å². The van der Waals surface area contributed by atoms with E-state index in [-0.39, 0.29) is 28.3 Å². The molecule has 1 amide bonds. The molecule has 3 rings (SSSR count). The Morgan fingerprint density at radius 2 is 1.83 bits per heavy atom. The largest absolute Gasteiger partial charge is 0.468 e. The van der Waals surface area contributed by atoms with Gasteiger partial charge in [0.25, 0.3) is 11.6 Å². The molecule has 3 aromatic rings. The minimum Gasteiger partial charge on any atom is -0.468 e. The zero-order chi connectivity index (χ0) is 21.0. The minimum absolute atomic E-state index is 0.0138. The second-order valence-corrected chi connectivity index (χ2v) is 7.86. The van der Waals surface area contributed by atoms with Gasteiger partial charge in [-0.1, -0.05) is 6.07 Å². The number of anilines is 1. The average molecular weight is 415 g/mol. The number of sulfonamides is 1. The summed E-state index contributed by atoms with van der Waals surface area (Å²) in [6.07, 6.45) is 1.45. The maximum absolute atomic E-state index is 12.5. The number of nitrogens with one attached hydrogen (secondary N) is 2. The quantitative estimate of drug-likeness (QED) is 0.450. The standard InChI is InChI=1S/C19H17N3O6S/c1-13-17(5-2-6-18(13)22(24)25)19(23)21-14-7-9-16(10-8-14)29(26,27)20-12-15-4-3-11-28-15/h2-11,20H,12H2,1H3,(H,21,23). The summed E-state index contributed by atoms with van der Waals surface area (Å²) in [6.45, 7) is 1.51. The Balaban J connectivity index is 1.71. The van der Waals surface area contributed by atoms with Crippen molar-refractivity contribution < 1.29 is 22.6 Å². The third kappa shape index (κ3) is 4.68. The highest BCUT2D eigenvalue weighted by Crippen LogP contribution is 2.22. The van der Waals surface area contributed by atoms with Gasteiger partial charge in [-0.15, -0.1) is 0 Å². The number of benzene rings is 2. The number of nitro groups is 1. The van der Waals surface area contributed by atoms with Crippen molar-refractivity contribution >= 4 is 27.3 Å². The Bertz CT molecular complexity index is 1140. The van der Waals surface area contributed by atoms with Crippen LogP contribution >= 0.6 is 0 Å². The molecule has 1 aromatic heterocycles. The molecule has 0 bridgehead atoms. The molecule has 0 radical (unpaired) electrons. The van der Waals surface area contributed by atoms with Gasteiger partial charge in [0.05, 0.1) is 22.6 Å². The maximum atomic E-state index is 12.5. The van der Waals surface area contributed by atoms with Crippen molar-refractivity contribution in [2.45, 2.75) is 18.4 Å². The van der Waals surface area contributed by atoms with Gasteiger partial charge in [-0.25, -0.2) is 13.1 Å². The fourth-order valence-corrected chi connectivity index (χ4v) is 3.64. The Morgan fingerprint density at radius 1 is 1.10 bits per heavy atom. The molecule has 0 atom stereocenters. The molecule has 0 fully saturated rings. The molecule has 10 heteroatoms. The SMILES string of the molecule is Cc1c(C(=O)Nc2ccc(S(=O)(=O)NCc3ccco3)cc2)cccc1[N+](=O)[O-]. The smallest absolute Gasteiger partial charge is 0.273 e. The predicted octanol–water partition coefficient (Wildman–Crippen LogP) is 3.23. The fourth-order valence-electron chi connectivity index (χ4n) is 2.65. The first-order valence-electron chi connectivity index (χ1n) is 8.45. The van der Waals surface area contributed by atoms with Gasteiger partial charge in [0.2, 0.25) is 10.0 Å². The van der Waals surface area contributed by atoms with Gasteiger partial charge in [-0.2, -0.15) is 0 Å². The molecule has 2 N–H and O–H groups in total. The number of nitrogens with zero attached hydrogens (tertiary/aromatic N) is 1. The minimum atomic E-state index is -3.75. The van der Waals surface area contributed by atoms with Gasteiger partial charge < -0.3 is 9.73 Å². The number of hydrogen-bond donors (Lipinski definition) is 2. The lowest BCUT2D eigenvalue weighted by Gasteiger charge is -2.09. The fraction of sp³-hybridized carbons (Fsp3) is 0.105. The van der Waals surface area contributed by atoms with Crippen molar-refractivity contribution in [3.8, 4) is 0 Å². The number of nitro benzene ring substituents is 1. The second kappa shape index (κ2) is 8.25. The summed E-state index contributed by atoms with van der Waals surface area (Å²) in [5, 5.41) is 13.6. The highest BCUT2D eigenvalue weighted by atomic mass is 32.2. The predicted molar refractivity (Wildman–Crippen MR) is 105 cm³/mol. The summed E-state index contributed by atoms with van der Waals surface area (Å²) < 4.78 is 32.1. The molecule has 0 saturated carbocycles. The molecular weight excluding hydrogens is 398 g/mol. The summed E-state index contributed by atoms with van der Waals surface area (Å²) >= 11 is 0. The zero-order valence-electron chi connectivity index (χ0n) is 15.3. The van der Waals surface area contributed by atoms with E-state index in [9.17, 15) is 23.3 Å². The molecular formula is C19H17N3O6S. The van der Waals surface area contributed by atoms with Gasteiger partial charge in [0.15, 0.2) is 0 Å². The van der Waals surface area contributed by atoms with Crippen LogP contribution in [0.4, 0.5) is 11.4 Å². The molecule has 0 aliphatic rings. The first-order valence-corrected chi connectivity index (χ1v) is 9.94. The van der Waals surface area contributed by atoms with Crippen LogP contribution in [0.1, 0.15) is 21.7 Å². The second-order valence-electron chi connectivity index (χ2n) is 6.09. The van der Waals surface area contributed by atoms with Crippen molar-refractivity contribution in [1.82, 2.24) is 4.72 Å². The number of rotatable bonds is 7. The van der Waals surface area contributed by atoms with Crippen LogP contribution in [0.3, 0.4) is 0 Å². The molecule has 0 aliphatic carbocycles. The van der Waals surface area contributed by atoms with Gasteiger partial charge in [-0.05, 0) is 49.4 Å². The summed E-state index contributed by atoms with van der Waals surface area (Å²) in [7, 11) is -3.75. The van der Waals surface area contributed by atoms with Gasteiger partial charge >= 0.3 is 0 Å². The van der Waals surface area contributed by atoms with Crippen LogP contribution in [-0.4, -0.2) is 19.2 Å². The van der Waals surface area contributed by atoms with Crippen LogP contribution in [0.2, 0.25) is 0 Å². The summed E-state index contributed by atoms with van der Waals surface area (Å²) in [5.41, 5.74) is 0.611. The van der Waals surface area contributed by atoms with Crippen molar-refractivity contribution in [2.24, 2.45) is 0 Å². The van der Waals surface area contributed by atoms with Crippen LogP contribution in [0.15, 0.2) is 70.2 Å². The number of amides is 1. The van der Waals surface area contributed by atoms with Crippen molar-refractivity contribution in [1.29, 1.82) is 0 Å². The Hall–Kier alpha value is -3.50. The van der Waals surface area contributed by atoms with Crippen LogP contribution in [0.5, 0.6) is 0 Å². The molecule has 0 aliphatic heterocycles. The number of carbonyl (C=O) groups excluding carboxylic acids is 1. The van der Waals surface area contributed by atoms with E-state index < -0.39 is 20.9 Å². The number of furan rings is 1. The van der Waals surface area contributed by atoms with Gasteiger partial charge in [-0.3, -0.25) is 14.9 Å². The van der Waals surface area contributed by atoms with Crippen LogP contribution in [0.25, 0.3) is 0 Å². The molecule has 2 aromatic carbocycles. The maximum Gasteiger partial charge on any atom is 0.273 e. The highest BCUT2D eigenvalue weighted by Gasteiger charge is 2.19. The van der Waals surface area contributed by atoms with Crippen LogP contribution in [-0.2, 0) is 16.6 Å². The normalized spacial score (nSPS) is 11.2. The van der Waals surface area contributed by atoms with E-state index in [0.717, 1.165) is 0 Å². The third-order valence-corrected chi connectivity index (χ3v) is 5.60. The first-order chi connectivity index (χ1) is 13.8. The Morgan fingerprint density at radius 3 is 2.45 bits per heavy atom. The highest BCUT2D eigenvalue weighted by molar-refractivity contribution is 7.89. The van der Waals surface area contributed by atoms with Crippen molar-refractivity contribution in [3.63, 3.8) is 0 Å².